The number of rotatable bonds is 3. The number of benzene rings is 5. The third-order valence-electron chi connectivity index (χ3n) is 11.8. The average molecular weight is 638 g/mol. The molecule has 0 saturated heterocycles. The number of fused-ring (bicyclic) bond motifs is 10. The standard InChI is InChI=1S/C45H39N3O/c1-45(2)37-20-9-7-18-35(37)41(44(45)46)47-40(26-30-15-11-19-34-32-17-8-10-21-39(32)49-43(30)34)48-38-25-29-14-4-3-13-28(29)24-36(38)33-23-22-27-12-5-6-16-31(27)42(33)48/h3-6,8-17,19-21,24-25,35,37H,7,18,22-23,26,46H2,1-2H3/b47-40+. The number of nitrogens with two attached hydrogens (primary N) is 1. The molecule has 0 saturated carbocycles. The van der Waals surface area contributed by atoms with Gasteiger partial charge >= 0.3 is 0 Å². The molecule has 49 heavy (non-hydrogen) atoms. The van der Waals surface area contributed by atoms with E-state index in [1.807, 2.05) is 6.07 Å². The summed E-state index contributed by atoms with van der Waals surface area (Å²) in [5.41, 5.74) is 18.5. The smallest absolute Gasteiger partial charge is 0.139 e. The lowest BCUT2D eigenvalue weighted by Crippen LogP contribution is -2.27. The zero-order chi connectivity index (χ0) is 32.9. The molecule has 0 bridgehead atoms. The fraction of sp³-hybridized carbons (Fsp3) is 0.222. The Morgan fingerprint density at radius 1 is 0.857 bits per heavy atom. The number of nitrogens with zero attached hydrogens (tertiary/aromatic N) is 2. The Bertz CT molecular complexity index is 2590. The van der Waals surface area contributed by atoms with Crippen LogP contribution in [0, 0.1) is 17.3 Å². The van der Waals surface area contributed by atoms with Crippen LogP contribution in [-0.2, 0) is 19.3 Å². The molecule has 2 heterocycles. The van der Waals surface area contributed by atoms with E-state index in [0.717, 1.165) is 70.4 Å². The van der Waals surface area contributed by atoms with E-state index in [-0.39, 0.29) is 5.41 Å². The Balaban J connectivity index is 1.29. The molecular weight excluding hydrogens is 599 g/mol. The highest BCUT2D eigenvalue weighted by molar-refractivity contribution is 6.11. The summed E-state index contributed by atoms with van der Waals surface area (Å²) >= 11 is 0. The van der Waals surface area contributed by atoms with E-state index in [0.29, 0.717) is 18.3 Å². The normalized spacial score (nSPS) is 20.0. The summed E-state index contributed by atoms with van der Waals surface area (Å²) < 4.78 is 9.11. The lowest BCUT2D eigenvalue weighted by Gasteiger charge is -2.31. The van der Waals surface area contributed by atoms with Gasteiger partial charge in [-0.15, -0.1) is 0 Å². The Labute approximate surface area is 286 Å². The van der Waals surface area contributed by atoms with E-state index >= 15 is 0 Å². The van der Waals surface area contributed by atoms with Gasteiger partial charge in [0.1, 0.15) is 17.0 Å². The van der Waals surface area contributed by atoms with Gasteiger partial charge in [-0.2, -0.15) is 0 Å². The molecule has 2 atom stereocenters. The molecule has 3 aliphatic carbocycles. The van der Waals surface area contributed by atoms with Gasteiger partial charge in [-0.25, -0.2) is 4.99 Å². The summed E-state index contributed by atoms with van der Waals surface area (Å²) in [6.45, 7) is 4.59. The van der Waals surface area contributed by atoms with E-state index in [1.165, 1.54) is 44.1 Å². The molecule has 0 radical (unpaired) electrons. The summed E-state index contributed by atoms with van der Waals surface area (Å²) in [6, 6.07) is 37.4. The van der Waals surface area contributed by atoms with Crippen molar-refractivity contribution in [3.05, 3.63) is 143 Å². The molecular formula is C45H39N3O. The second-order valence-corrected chi connectivity index (χ2v) is 14.8. The van der Waals surface area contributed by atoms with Crippen LogP contribution in [-0.4, -0.2) is 10.4 Å². The molecule has 240 valence electrons. The molecule has 5 aromatic carbocycles. The summed E-state index contributed by atoms with van der Waals surface area (Å²) in [5.74, 6) is 1.64. The van der Waals surface area contributed by atoms with Gasteiger partial charge in [-0.05, 0) is 71.7 Å². The van der Waals surface area contributed by atoms with Crippen LogP contribution in [0.3, 0.4) is 0 Å². The highest BCUT2D eigenvalue weighted by Crippen LogP contribution is 2.53. The molecule has 0 fully saturated rings. The van der Waals surface area contributed by atoms with Gasteiger partial charge in [-0.1, -0.05) is 111 Å². The molecule has 0 aliphatic heterocycles. The zero-order valence-corrected chi connectivity index (χ0v) is 28.0. The Morgan fingerprint density at radius 2 is 1.63 bits per heavy atom. The van der Waals surface area contributed by atoms with Gasteiger partial charge in [0.05, 0.1) is 16.9 Å². The van der Waals surface area contributed by atoms with Crippen molar-refractivity contribution in [2.24, 2.45) is 28.0 Å². The van der Waals surface area contributed by atoms with Crippen molar-refractivity contribution >= 4 is 49.4 Å². The molecule has 10 rings (SSSR count). The predicted octanol–water partition coefficient (Wildman–Crippen LogP) is 10.7. The monoisotopic (exact) mass is 637 g/mol. The lowest BCUT2D eigenvalue weighted by atomic mass is 9.73. The first-order chi connectivity index (χ1) is 24.0. The number of para-hydroxylation sites is 2. The van der Waals surface area contributed by atoms with E-state index < -0.39 is 0 Å². The first-order valence-corrected chi connectivity index (χ1v) is 17.8. The largest absolute Gasteiger partial charge is 0.456 e. The number of aromatic nitrogens is 1. The van der Waals surface area contributed by atoms with E-state index in [9.17, 15) is 0 Å². The van der Waals surface area contributed by atoms with Crippen LogP contribution in [0.15, 0.2) is 136 Å². The van der Waals surface area contributed by atoms with Gasteiger partial charge in [0.15, 0.2) is 0 Å². The van der Waals surface area contributed by atoms with Gasteiger partial charge < -0.3 is 10.2 Å². The van der Waals surface area contributed by atoms with E-state index in [2.05, 4.69) is 128 Å². The second kappa shape index (κ2) is 10.6. The summed E-state index contributed by atoms with van der Waals surface area (Å²) in [7, 11) is 0. The minimum atomic E-state index is -0.161. The van der Waals surface area contributed by atoms with Gasteiger partial charge in [0.25, 0.3) is 0 Å². The maximum Gasteiger partial charge on any atom is 0.139 e. The Kier molecular flexibility index (Phi) is 6.18. The van der Waals surface area contributed by atoms with Crippen LogP contribution in [0.4, 0.5) is 0 Å². The number of hydrogen-bond acceptors (Lipinski definition) is 3. The van der Waals surface area contributed by atoms with Crippen LogP contribution in [0.5, 0.6) is 0 Å². The fourth-order valence-corrected chi connectivity index (χ4v) is 9.23. The maximum atomic E-state index is 7.17. The van der Waals surface area contributed by atoms with Crippen molar-refractivity contribution < 1.29 is 4.42 Å². The summed E-state index contributed by atoms with van der Waals surface area (Å²) in [5, 5.41) is 6.09. The van der Waals surface area contributed by atoms with Crippen molar-refractivity contribution in [3.8, 4) is 11.3 Å². The summed E-state index contributed by atoms with van der Waals surface area (Å²) in [4.78, 5) is 5.80. The first kappa shape index (κ1) is 28.6. The molecule has 4 heteroatoms. The SMILES string of the molecule is CC1(C)C(N)=C(/N=C(\Cc2cccc3c2oc2ccccc23)n2c3c(c4cc5ccccc5cc42)CCc2ccccc2-3)C2CCC=CC21. The molecule has 3 aliphatic rings. The highest BCUT2D eigenvalue weighted by atomic mass is 16.3. The minimum Gasteiger partial charge on any atom is -0.456 e. The van der Waals surface area contributed by atoms with Crippen LogP contribution >= 0.6 is 0 Å². The van der Waals surface area contributed by atoms with Gasteiger partial charge in [0, 0.05) is 50.7 Å². The van der Waals surface area contributed by atoms with Gasteiger partial charge in [0.2, 0.25) is 0 Å². The second-order valence-electron chi connectivity index (χ2n) is 14.8. The number of allylic oxidation sites excluding steroid dienone is 4. The van der Waals surface area contributed by atoms with Crippen molar-refractivity contribution in [1.29, 1.82) is 0 Å². The Hall–Kier alpha value is -5.35. The van der Waals surface area contributed by atoms with Crippen LogP contribution in [0.1, 0.15) is 43.4 Å². The predicted molar refractivity (Wildman–Crippen MR) is 203 cm³/mol. The number of furan rings is 1. The third-order valence-corrected chi connectivity index (χ3v) is 11.8. The average Bonchev–Trinajstić information content (AvgIpc) is 3.74. The first-order valence-electron chi connectivity index (χ1n) is 17.8. The topological polar surface area (TPSA) is 56.4 Å². The molecule has 0 spiro atoms. The molecule has 2 N–H and O–H groups in total. The third kappa shape index (κ3) is 4.19. The van der Waals surface area contributed by atoms with Gasteiger partial charge in [-0.3, -0.25) is 4.57 Å². The van der Waals surface area contributed by atoms with Crippen molar-refractivity contribution in [2.45, 2.75) is 46.0 Å². The Morgan fingerprint density at radius 3 is 2.53 bits per heavy atom. The minimum absolute atomic E-state index is 0.161. The molecule has 2 unspecified atom stereocenters. The fourth-order valence-electron chi connectivity index (χ4n) is 9.23. The maximum absolute atomic E-state index is 7.17. The molecule has 2 aromatic heterocycles. The lowest BCUT2D eigenvalue weighted by molar-refractivity contribution is 0.270. The number of hydrogen-bond donors (Lipinski definition) is 1. The summed E-state index contributed by atoms with van der Waals surface area (Å²) in [6.07, 6.45) is 9.48. The molecule has 4 nitrogen and oxygen atoms in total. The number of aryl methyl sites for hydroxylation is 2. The van der Waals surface area contributed by atoms with E-state index in [1.54, 1.807) is 0 Å². The van der Waals surface area contributed by atoms with Crippen molar-refractivity contribution in [2.75, 3.05) is 0 Å². The molecule has 0 amide bonds. The quantitative estimate of drug-likeness (QED) is 0.119. The van der Waals surface area contributed by atoms with Crippen LogP contribution in [0.2, 0.25) is 0 Å². The van der Waals surface area contributed by atoms with Crippen LogP contribution in [0.25, 0.3) is 54.9 Å². The van der Waals surface area contributed by atoms with E-state index in [4.69, 9.17) is 15.1 Å². The molecule has 7 aromatic rings. The van der Waals surface area contributed by atoms with Crippen molar-refractivity contribution in [3.63, 3.8) is 0 Å². The van der Waals surface area contributed by atoms with Crippen LogP contribution < -0.4 is 5.73 Å². The van der Waals surface area contributed by atoms with Crippen molar-refractivity contribution in [1.82, 2.24) is 4.57 Å². The highest BCUT2D eigenvalue weighted by Gasteiger charge is 2.47. The zero-order valence-electron chi connectivity index (χ0n) is 28.0. The number of aliphatic imine (C=N–C) groups is 1.